The number of aliphatic hydroxyl groups is 1. The number of hydrogen-bond acceptors (Lipinski definition) is 3. The van der Waals surface area contributed by atoms with E-state index in [9.17, 15) is 27.9 Å². The summed E-state index contributed by atoms with van der Waals surface area (Å²) >= 11 is 0. The van der Waals surface area contributed by atoms with Crippen LogP contribution < -0.4 is 4.90 Å². The normalized spacial score (nSPS) is 17.9. The van der Waals surface area contributed by atoms with Gasteiger partial charge in [-0.15, -0.1) is 0 Å². The number of alkyl halides is 3. The molecular formula is C27H22F3NO3. The Hall–Kier alpha value is -3.87. The molecule has 1 N–H and O–H groups in total. The summed E-state index contributed by atoms with van der Waals surface area (Å²) < 4.78 is 39.2. The second-order valence-corrected chi connectivity index (χ2v) is 8.39. The topological polar surface area (TPSA) is 57.6 Å². The highest BCUT2D eigenvalue weighted by molar-refractivity contribution is 6.51. The Labute approximate surface area is 195 Å². The number of aliphatic hydroxyl groups excluding tert-OH is 1. The van der Waals surface area contributed by atoms with E-state index in [1.54, 1.807) is 50.2 Å². The summed E-state index contributed by atoms with van der Waals surface area (Å²) in [4.78, 5) is 27.6. The van der Waals surface area contributed by atoms with Crippen LogP contribution in [0.3, 0.4) is 0 Å². The van der Waals surface area contributed by atoms with Crippen LogP contribution in [0.1, 0.15) is 39.4 Å². The Kier molecular flexibility index (Phi) is 5.81. The number of amides is 1. The van der Waals surface area contributed by atoms with Crippen LogP contribution in [0, 0.1) is 20.8 Å². The number of halogens is 3. The molecule has 1 heterocycles. The zero-order valence-electron chi connectivity index (χ0n) is 18.8. The Morgan fingerprint density at radius 2 is 1.53 bits per heavy atom. The van der Waals surface area contributed by atoms with Crippen LogP contribution in [0.5, 0.6) is 0 Å². The second kappa shape index (κ2) is 8.48. The molecule has 4 nitrogen and oxygen atoms in total. The minimum absolute atomic E-state index is 0.104. The summed E-state index contributed by atoms with van der Waals surface area (Å²) in [5, 5.41) is 11.3. The van der Waals surface area contributed by atoms with E-state index in [2.05, 4.69) is 0 Å². The first-order valence-corrected chi connectivity index (χ1v) is 10.6. The van der Waals surface area contributed by atoms with Crippen molar-refractivity contribution in [2.24, 2.45) is 0 Å². The van der Waals surface area contributed by atoms with Gasteiger partial charge in [-0.25, -0.2) is 0 Å². The number of aryl methyl sites for hydroxylation is 3. The van der Waals surface area contributed by atoms with Gasteiger partial charge in [0.1, 0.15) is 5.76 Å². The zero-order chi connectivity index (χ0) is 24.8. The molecule has 0 aromatic heterocycles. The molecule has 0 radical (unpaired) electrons. The molecule has 0 aliphatic carbocycles. The highest BCUT2D eigenvalue weighted by atomic mass is 19.4. The van der Waals surface area contributed by atoms with Crippen molar-refractivity contribution in [3.8, 4) is 0 Å². The molecule has 1 aliphatic heterocycles. The molecule has 34 heavy (non-hydrogen) atoms. The van der Waals surface area contributed by atoms with E-state index < -0.39 is 29.5 Å². The van der Waals surface area contributed by atoms with Crippen molar-refractivity contribution in [1.29, 1.82) is 0 Å². The van der Waals surface area contributed by atoms with E-state index in [1.807, 2.05) is 13.0 Å². The van der Waals surface area contributed by atoms with Crippen molar-refractivity contribution >= 4 is 23.1 Å². The molecule has 3 aromatic rings. The fraction of sp³-hybridized carbons (Fsp3) is 0.185. The third-order valence-corrected chi connectivity index (χ3v) is 6.05. The smallest absolute Gasteiger partial charge is 0.416 e. The minimum Gasteiger partial charge on any atom is -0.507 e. The number of nitrogens with zero attached hydrogens (tertiary/aromatic N) is 1. The van der Waals surface area contributed by atoms with Crippen LogP contribution in [0.15, 0.2) is 72.3 Å². The largest absolute Gasteiger partial charge is 0.507 e. The molecule has 1 aliphatic rings. The van der Waals surface area contributed by atoms with Gasteiger partial charge in [0.05, 0.1) is 17.2 Å². The molecule has 0 bridgehead atoms. The molecule has 1 unspecified atom stereocenters. The zero-order valence-corrected chi connectivity index (χ0v) is 18.8. The Balaban J connectivity index is 1.96. The fourth-order valence-corrected chi connectivity index (χ4v) is 4.23. The van der Waals surface area contributed by atoms with Crippen molar-refractivity contribution in [3.05, 3.63) is 106 Å². The van der Waals surface area contributed by atoms with Gasteiger partial charge in [0, 0.05) is 11.3 Å². The number of benzene rings is 3. The van der Waals surface area contributed by atoms with Crippen LogP contribution >= 0.6 is 0 Å². The first-order valence-electron chi connectivity index (χ1n) is 10.6. The van der Waals surface area contributed by atoms with E-state index in [4.69, 9.17) is 0 Å². The average Bonchev–Trinajstić information content (AvgIpc) is 3.05. The van der Waals surface area contributed by atoms with Crippen LogP contribution in [0.25, 0.3) is 5.76 Å². The third-order valence-electron chi connectivity index (χ3n) is 6.05. The molecular weight excluding hydrogens is 443 g/mol. The van der Waals surface area contributed by atoms with Crippen molar-refractivity contribution in [3.63, 3.8) is 0 Å². The summed E-state index contributed by atoms with van der Waals surface area (Å²) in [6.07, 6.45) is -4.54. The van der Waals surface area contributed by atoms with Crippen LogP contribution in [-0.2, 0) is 15.8 Å². The van der Waals surface area contributed by atoms with Gasteiger partial charge < -0.3 is 5.11 Å². The fourth-order valence-electron chi connectivity index (χ4n) is 4.23. The van der Waals surface area contributed by atoms with E-state index in [1.165, 1.54) is 0 Å². The number of rotatable bonds is 3. The van der Waals surface area contributed by atoms with Gasteiger partial charge in [-0.05, 0) is 67.8 Å². The van der Waals surface area contributed by atoms with Crippen molar-refractivity contribution in [2.75, 3.05) is 4.90 Å². The molecule has 174 valence electrons. The lowest BCUT2D eigenvalue weighted by Crippen LogP contribution is -2.29. The number of anilines is 1. The van der Waals surface area contributed by atoms with Gasteiger partial charge in [0.25, 0.3) is 11.7 Å². The van der Waals surface area contributed by atoms with E-state index in [0.29, 0.717) is 16.7 Å². The molecule has 1 saturated heterocycles. The van der Waals surface area contributed by atoms with Gasteiger partial charge in [-0.1, -0.05) is 42.0 Å². The summed E-state index contributed by atoms with van der Waals surface area (Å²) in [6.45, 7) is 5.43. The first-order chi connectivity index (χ1) is 16.0. The molecule has 1 fully saturated rings. The maximum absolute atomic E-state index is 13.2. The Bertz CT molecular complexity index is 1320. The molecule has 1 amide bonds. The lowest BCUT2D eigenvalue weighted by Gasteiger charge is -2.27. The highest BCUT2D eigenvalue weighted by Gasteiger charge is 2.47. The lowest BCUT2D eigenvalue weighted by molar-refractivity contribution is -0.137. The maximum Gasteiger partial charge on any atom is 0.416 e. The van der Waals surface area contributed by atoms with Crippen LogP contribution in [0.2, 0.25) is 0 Å². The molecule has 0 saturated carbocycles. The predicted octanol–water partition coefficient (Wildman–Crippen LogP) is 6.26. The van der Waals surface area contributed by atoms with Crippen LogP contribution in [0.4, 0.5) is 18.9 Å². The van der Waals surface area contributed by atoms with Crippen molar-refractivity contribution < 1.29 is 27.9 Å². The second-order valence-electron chi connectivity index (χ2n) is 8.39. The monoisotopic (exact) mass is 465 g/mol. The Morgan fingerprint density at radius 1 is 0.882 bits per heavy atom. The van der Waals surface area contributed by atoms with Gasteiger partial charge >= 0.3 is 6.18 Å². The van der Waals surface area contributed by atoms with E-state index in [-0.39, 0.29) is 17.0 Å². The molecule has 3 aromatic carbocycles. The summed E-state index contributed by atoms with van der Waals surface area (Å²) in [7, 11) is 0. The SMILES string of the molecule is Cc1ccc(C)c(/C(O)=C2\C(=O)C(=O)N(c3ccc(C(F)(F)F)cc3)C2c2ccccc2C)c1. The van der Waals surface area contributed by atoms with Crippen LogP contribution in [-0.4, -0.2) is 16.8 Å². The number of carbonyl (C=O) groups excluding carboxylic acids is 2. The molecule has 0 spiro atoms. The van der Waals surface area contributed by atoms with Gasteiger partial charge in [0.2, 0.25) is 0 Å². The summed E-state index contributed by atoms with van der Waals surface area (Å²) in [6, 6.07) is 15.5. The molecule has 4 rings (SSSR count). The van der Waals surface area contributed by atoms with E-state index in [0.717, 1.165) is 40.3 Å². The third kappa shape index (κ3) is 3.98. The van der Waals surface area contributed by atoms with E-state index >= 15 is 0 Å². The summed E-state index contributed by atoms with van der Waals surface area (Å²) in [5.74, 6) is -2.13. The van der Waals surface area contributed by atoms with Gasteiger partial charge in [-0.3, -0.25) is 14.5 Å². The lowest BCUT2D eigenvalue weighted by atomic mass is 9.91. The maximum atomic E-state index is 13.2. The van der Waals surface area contributed by atoms with Crippen molar-refractivity contribution in [1.82, 2.24) is 0 Å². The standard InChI is InChI=1S/C27H22F3NO3/c1-15-8-9-17(3)21(14-15)24(32)22-23(20-7-5-4-6-16(20)2)31(26(34)25(22)33)19-12-10-18(11-13-19)27(28,29)30/h4-14,23,32H,1-3H3/b24-22+. The molecule has 1 atom stereocenters. The van der Waals surface area contributed by atoms with Gasteiger partial charge in [-0.2, -0.15) is 13.2 Å². The van der Waals surface area contributed by atoms with Gasteiger partial charge in [0.15, 0.2) is 0 Å². The molecule has 7 heteroatoms. The van der Waals surface area contributed by atoms with Crippen molar-refractivity contribution in [2.45, 2.75) is 33.0 Å². The first kappa shape index (κ1) is 23.3. The predicted molar refractivity (Wildman–Crippen MR) is 123 cm³/mol. The summed E-state index contributed by atoms with van der Waals surface area (Å²) in [5.41, 5.74) is 2.51. The quantitative estimate of drug-likeness (QED) is 0.282. The number of hydrogen-bond donors (Lipinski definition) is 1. The number of carbonyl (C=O) groups is 2. The average molecular weight is 465 g/mol. The number of Topliss-reactive ketones (excluding diaryl/α,β-unsaturated/α-hetero) is 1. The highest BCUT2D eigenvalue weighted by Crippen LogP contribution is 2.44. The minimum atomic E-state index is -4.54. The Morgan fingerprint density at radius 3 is 2.15 bits per heavy atom. The number of ketones is 1.